The molecule has 0 bridgehead atoms. The van der Waals surface area contributed by atoms with E-state index in [2.05, 4.69) is 0 Å². The van der Waals surface area contributed by atoms with E-state index in [0.717, 1.165) is 0 Å². The minimum Gasteiger partial charge on any atom is -0.199 e. The SMILES string of the molecule is O=[P+](O)CC(CC(F)(F)C(F)(F)C(F)(F)F)CC(F)(F)C(F)(F)C(F)(F)F. The minimum atomic E-state index is -6.93. The van der Waals surface area contributed by atoms with Gasteiger partial charge in [-0.15, -0.1) is 0 Å². The Hall–Kier alpha value is -0.920. The summed E-state index contributed by atoms with van der Waals surface area (Å²) in [5.41, 5.74) is 0. The highest BCUT2D eigenvalue weighted by molar-refractivity contribution is 7.38. The fraction of sp³-hybridized carbons (Fsp3) is 1.00. The third-order valence-corrected chi connectivity index (χ3v) is 3.96. The maximum Gasteiger partial charge on any atom is 0.505 e. The molecule has 0 radical (unpaired) electrons. The molecule has 0 spiro atoms. The van der Waals surface area contributed by atoms with Crippen LogP contribution >= 0.6 is 8.03 Å². The summed E-state index contributed by atoms with van der Waals surface area (Å²) >= 11 is 0. The van der Waals surface area contributed by atoms with Gasteiger partial charge in [0.05, 0.1) is 0 Å². The number of halogens is 14. The van der Waals surface area contributed by atoms with Gasteiger partial charge in [0, 0.05) is 18.8 Å². The Labute approximate surface area is 141 Å². The Morgan fingerprint density at radius 2 is 0.889 bits per heavy atom. The molecule has 2 nitrogen and oxygen atoms in total. The van der Waals surface area contributed by atoms with Crippen molar-refractivity contribution in [1.82, 2.24) is 0 Å². The fourth-order valence-corrected chi connectivity index (χ4v) is 2.52. The van der Waals surface area contributed by atoms with Crippen LogP contribution in [0.3, 0.4) is 0 Å². The van der Waals surface area contributed by atoms with Crippen LogP contribution < -0.4 is 0 Å². The molecule has 27 heavy (non-hydrogen) atoms. The summed E-state index contributed by atoms with van der Waals surface area (Å²) in [5, 5.41) is 0. The van der Waals surface area contributed by atoms with Crippen LogP contribution in [-0.4, -0.2) is 47.1 Å². The summed E-state index contributed by atoms with van der Waals surface area (Å²) < 4.78 is 186. The molecule has 162 valence electrons. The average Bonchev–Trinajstić information content (AvgIpc) is 2.33. The second kappa shape index (κ2) is 7.48. The van der Waals surface area contributed by atoms with Crippen LogP contribution in [0.4, 0.5) is 61.5 Å². The lowest BCUT2D eigenvalue weighted by atomic mass is 9.90. The molecule has 0 aliphatic carbocycles. The predicted octanol–water partition coefficient (Wildman–Crippen LogP) is 5.78. The average molecular weight is 457 g/mol. The van der Waals surface area contributed by atoms with Gasteiger partial charge in [0.1, 0.15) is 0 Å². The highest BCUT2D eigenvalue weighted by Crippen LogP contribution is 2.53. The normalized spacial score (nSPS) is 16.1. The third-order valence-electron chi connectivity index (χ3n) is 3.14. The van der Waals surface area contributed by atoms with Crippen LogP contribution in [0, 0.1) is 5.92 Å². The summed E-state index contributed by atoms with van der Waals surface area (Å²) in [6.45, 7) is 0. The van der Waals surface area contributed by atoms with E-state index >= 15 is 0 Å². The lowest BCUT2D eigenvalue weighted by Gasteiger charge is -2.33. The lowest BCUT2D eigenvalue weighted by Crippen LogP contribution is -2.55. The van der Waals surface area contributed by atoms with E-state index in [1.807, 2.05) is 0 Å². The highest BCUT2D eigenvalue weighted by atomic mass is 31.1. The van der Waals surface area contributed by atoms with E-state index in [1.54, 1.807) is 0 Å². The maximum absolute atomic E-state index is 13.2. The Morgan fingerprint density at radius 3 is 1.07 bits per heavy atom. The van der Waals surface area contributed by atoms with Gasteiger partial charge >= 0.3 is 44.1 Å². The predicted molar refractivity (Wildman–Crippen MR) is 59.3 cm³/mol. The van der Waals surface area contributed by atoms with Gasteiger partial charge in [0.25, 0.3) is 0 Å². The van der Waals surface area contributed by atoms with Crippen molar-refractivity contribution in [2.45, 2.75) is 48.9 Å². The van der Waals surface area contributed by atoms with Crippen molar-refractivity contribution >= 4 is 8.03 Å². The zero-order valence-electron chi connectivity index (χ0n) is 12.3. The molecule has 0 aliphatic rings. The van der Waals surface area contributed by atoms with Crippen LogP contribution in [0.1, 0.15) is 12.8 Å². The van der Waals surface area contributed by atoms with Gasteiger partial charge in [0.2, 0.25) is 0 Å². The van der Waals surface area contributed by atoms with Gasteiger partial charge in [-0.3, -0.25) is 0 Å². The topological polar surface area (TPSA) is 37.3 Å². The van der Waals surface area contributed by atoms with Gasteiger partial charge in [-0.1, -0.05) is 0 Å². The zero-order valence-corrected chi connectivity index (χ0v) is 13.2. The van der Waals surface area contributed by atoms with E-state index < -0.39 is 69.0 Å². The Balaban J connectivity index is 5.82. The van der Waals surface area contributed by atoms with Crippen molar-refractivity contribution in [2.75, 3.05) is 6.16 Å². The maximum atomic E-state index is 13.2. The summed E-state index contributed by atoms with van der Waals surface area (Å²) in [6.07, 6.45) is -21.8. The van der Waals surface area contributed by atoms with Crippen molar-refractivity contribution in [2.24, 2.45) is 5.92 Å². The summed E-state index contributed by atoms with van der Waals surface area (Å²) in [6, 6.07) is 0. The Morgan fingerprint density at radius 1 is 0.630 bits per heavy atom. The minimum absolute atomic E-state index is 1.96. The zero-order chi connectivity index (χ0) is 22.3. The number of hydrogen-bond donors (Lipinski definition) is 1. The highest BCUT2D eigenvalue weighted by Gasteiger charge is 2.75. The monoisotopic (exact) mass is 457 g/mol. The molecule has 0 saturated carbocycles. The van der Waals surface area contributed by atoms with Gasteiger partial charge in [-0.25, -0.2) is 0 Å². The Bertz CT molecular complexity index is 497. The molecule has 0 rings (SSSR count). The molecule has 0 amide bonds. The van der Waals surface area contributed by atoms with Crippen molar-refractivity contribution in [1.29, 1.82) is 0 Å². The fourth-order valence-electron chi connectivity index (χ4n) is 1.82. The molecule has 0 aromatic heterocycles. The van der Waals surface area contributed by atoms with Crippen molar-refractivity contribution in [3.8, 4) is 0 Å². The first kappa shape index (κ1) is 26.1. The number of rotatable bonds is 8. The molecule has 0 saturated heterocycles. The van der Waals surface area contributed by atoms with Crippen LogP contribution in [-0.2, 0) is 4.57 Å². The van der Waals surface area contributed by atoms with Crippen molar-refractivity contribution < 1.29 is 70.9 Å². The Kier molecular flexibility index (Phi) is 7.23. The van der Waals surface area contributed by atoms with Gasteiger partial charge < -0.3 is 0 Å². The molecule has 0 fully saturated rings. The van der Waals surface area contributed by atoms with Gasteiger partial charge in [-0.2, -0.15) is 66.4 Å². The first-order valence-corrected chi connectivity index (χ1v) is 7.67. The molecule has 0 aromatic carbocycles. The van der Waals surface area contributed by atoms with E-state index in [4.69, 9.17) is 4.89 Å². The molecular formula is C10H8F14O2P+. The molecule has 1 atom stereocenters. The first-order chi connectivity index (χ1) is 11.5. The van der Waals surface area contributed by atoms with E-state index in [1.165, 1.54) is 0 Å². The van der Waals surface area contributed by atoms with Crippen molar-refractivity contribution in [3.63, 3.8) is 0 Å². The molecule has 0 aliphatic heterocycles. The molecule has 17 heteroatoms. The smallest absolute Gasteiger partial charge is 0.199 e. The van der Waals surface area contributed by atoms with E-state index in [-0.39, 0.29) is 0 Å². The van der Waals surface area contributed by atoms with Gasteiger partial charge in [0.15, 0.2) is 6.16 Å². The first-order valence-electron chi connectivity index (χ1n) is 6.28. The molecule has 1 N–H and O–H groups in total. The molecular weight excluding hydrogens is 449 g/mol. The second-order valence-corrected chi connectivity index (χ2v) is 6.43. The molecule has 1 unspecified atom stereocenters. The number of hydrogen-bond acceptors (Lipinski definition) is 1. The van der Waals surface area contributed by atoms with Crippen molar-refractivity contribution in [3.05, 3.63) is 0 Å². The van der Waals surface area contributed by atoms with E-state index in [0.29, 0.717) is 0 Å². The molecule has 0 heterocycles. The standard InChI is InChI=1S/C10H7F14O2P/c11-5(12,7(15,16)9(19,20)21)1-4(3-27(25)26)2-6(13,14)8(17,18)10(22,23)24/h4H,1-3H2/p+1. The van der Waals surface area contributed by atoms with Crippen LogP contribution in [0.25, 0.3) is 0 Å². The van der Waals surface area contributed by atoms with E-state index in [9.17, 15) is 66.0 Å². The third kappa shape index (κ3) is 5.55. The van der Waals surface area contributed by atoms with Crippen LogP contribution in [0.15, 0.2) is 0 Å². The van der Waals surface area contributed by atoms with Gasteiger partial charge in [-0.05, 0) is 4.57 Å². The summed E-state index contributed by atoms with van der Waals surface area (Å²) in [7, 11) is -3.84. The number of alkyl halides is 14. The second-order valence-electron chi connectivity index (χ2n) is 5.36. The quantitative estimate of drug-likeness (QED) is 0.371. The summed E-state index contributed by atoms with van der Waals surface area (Å²) in [5.74, 6) is -29.5. The summed E-state index contributed by atoms with van der Waals surface area (Å²) in [4.78, 5) is 8.44. The molecule has 0 aromatic rings. The van der Waals surface area contributed by atoms with Crippen LogP contribution in [0.2, 0.25) is 0 Å². The van der Waals surface area contributed by atoms with Crippen LogP contribution in [0.5, 0.6) is 0 Å². The largest absolute Gasteiger partial charge is 0.505 e. The lowest BCUT2D eigenvalue weighted by molar-refractivity contribution is -0.364.